The Balaban J connectivity index is 2.03. The standard InChI is InChI=1S/C20H28O2/c1-14(2)15-6-8-17-16(12-15)7-9-18-19(17,3)10-5-11-20(18,4)22-13-21/h6,8,12-14,18H,5,7,9-11H2,1-4H3. The Labute approximate surface area is 134 Å². The van der Waals surface area contributed by atoms with Crippen LogP contribution in [0.15, 0.2) is 18.2 Å². The molecule has 0 aromatic heterocycles. The third kappa shape index (κ3) is 2.28. The largest absolute Gasteiger partial charge is 0.461 e. The van der Waals surface area contributed by atoms with E-state index in [2.05, 4.69) is 45.9 Å². The molecule has 0 bridgehead atoms. The van der Waals surface area contributed by atoms with Gasteiger partial charge in [0.2, 0.25) is 0 Å². The highest BCUT2D eigenvalue weighted by Gasteiger charge is 2.53. The Morgan fingerprint density at radius 2 is 2.05 bits per heavy atom. The Hall–Kier alpha value is -1.31. The third-order valence-electron chi connectivity index (χ3n) is 6.31. The number of carbonyl (C=O) groups excluding carboxylic acids is 1. The van der Waals surface area contributed by atoms with Gasteiger partial charge in [-0.05, 0) is 67.1 Å². The number of carbonyl (C=O) groups is 1. The average Bonchev–Trinajstić information content (AvgIpc) is 2.46. The molecule has 2 aliphatic carbocycles. The van der Waals surface area contributed by atoms with E-state index in [1.54, 1.807) is 0 Å². The smallest absolute Gasteiger partial charge is 0.293 e. The first kappa shape index (κ1) is 15.6. The summed E-state index contributed by atoms with van der Waals surface area (Å²) in [6, 6.07) is 7.06. The fourth-order valence-electron chi connectivity index (χ4n) is 5.06. The van der Waals surface area contributed by atoms with E-state index in [4.69, 9.17) is 4.74 Å². The van der Waals surface area contributed by atoms with Crippen LogP contribution in [0.1, 0.15) is 76.0 Å². The van der Waals surface area contributed by atoms with Crippen LogP contribution in [-0.4, -0.2) is 12.1 Å². The highest BCUT2D eigenvalue weighted by Crippen LogP contribution is 2.54. The topological polar surface area (TPSA) is 26.3 Å². The summed E-state index contributed by atoms with van der Waals surface area (Å²) in [5, 5.41) is 0. The highest BCUT2D eigenvalue weighted by atomic mass is 16.5. The van der Waals surface area contributed by atoms with E-state index < -0.39 is 0 Å². The van der Waals surface area contributed by atoms with Gasteiger partial charge in [-0.25, -0.2) is 0 Å². The molecular formula is C20H28O2. The lowest BCUT2D eigenvalue weighted by molar-refractivity contribution is -0.158. The lowest BCUT2D eigenvalue weighted by Gasteiger charge is -2.54. The Morgan fingerprint density at radius 3 is 2.73 bits per heavy atom. The summed E-state index contributed by atoms with van der Waals surface area (Å²) in [5.41, 5.74) is 4.28. The van der Waals surface area contributed by atoms with Gasteiger partial charge in [0.05, 0.1) is 0 Å². The molecule has 1 saturated carbocycles. The summed E-state index contributed by atoms with van der Waals surface area (Å²) in [6.45, 7) is 9.69. The molecule has 2 nitrogen and oxygen atoms in total. The Bertz CT molecular complexity index is 577. The monoisotopic (exact) mass is 300 g/mol. The van der Waals surface area contributed by atoms with E-state index in [1.807, 2.05) is 0 Å². The van der Waals surface area contributed by atoms with Crippen molar-refractivity contribution in [2.45, 2.75) is 76.7 Å². The number of hydrogen-bond donors (Lipinski definition) is 0. The van der Waals surface area contributed by atoms with Crippen molar-refractivity contribution in [3.8, 4) is 0 Å². The summed E-state index contributed by atoms with van der Waals surface area (Å²) in [7, 11) is 0. The van der Waals surface area contributed by atoms with Gasteiger partial charge in [0.25, 0.3) is 6.47 Å². The molecule has 0 aliphatic heterocycles. The zero-order valence-electron chi connectivity index (χ0n) is 14.3. The van der Waals surface area contributed by atoms with E-state index in [0.29, 0.717) is 18.3 Å². The van der Waals surface area contributed by atoms with Gasteiger partial charge < -0.3 is 4.74 Å². The molecule has 0 heterocycles. The Morgan fingerprint density at radius 1 is 1.27 bits per heavy atom. The van der Waals surface area contributed by atoms with Gasteiger partial charge in [0, 0.05) is 5.92 Å². The van der Waals surface area contributed by atoms with Crippen molar-refractivity contribution >= 4 is 6.47 Å². The van der Waals surface area contributed by atoms with Crippen molar-refractivity contribution < 1.29 is 9.53 Å². The van der Waals surface area contributed by atoms with Crippen molar-refractivity contribution in [2.24, 2.45) is 5.92 Å². The molecule has 0 spiro atoms. The number of benzene rings is 1. The predicted molar refractivity (Wildman–Crippen MR) is 89.1 cm³/mol. The van der Waals surface area contributed by atoms with Crippen molar-refractivity contribution in [2.75, 3.05) is 0 Å². The van der Waals surface area contributed by atoms with Crippen LogP contribution in [-0.2, 0) is 21.4 Å². The minimum atomic E-state index is -0.302. The first-order chi connectivity index (χ1) is 10.4. The second kappa shape index (κ2) is 5.40. The van der Waals surface area contributed by atoms with Gasteiger partial charge in [-0.15, -0.1) is 0 Å². The molecule has 1 fully saturated rings. The van der Waals surface area contributed by atoms with Crippen molar-refractivity contribution in [3.63, 3.8) is 0 Å². The second-order valence-electron chi connectivity index (χ2n) is 7.96. The summed E-state index contributed by atoms with van der Waals surface area (Å²) < 4.78 is 5.60. The molecule has 3 unspecified atom stereocenters. The van der Waals surface area contributed by atoms with Crippen molar-refractivity contribution in [1.29, 1.82) is 0 Å². The first-order valence-electron chi connectivity index (χ1n) is 8.65. The minimum Gasteiger partial charge on any atom is -0.461 e. The third-order valence-corrected chi connectivity index (χ3v) is 6.31. The van der Waals surface area contributed by atoms with Gasteiger partial charge in [-0.2, -0.15) is 0 Å². The molecule has 0 N–H and O–H groups in total. The lowest BCUT2D eigenvalue weighted by atomic mass is 9.53. The van der Waals surface area contributed by atoms with Crippen LogP contribution in [0.2, 0.25) is 0 Å². The van der Waals surface area contributed by atoms with Crippen LogP contribution in [0.25, 0.3) is 0 Å². The second-order valence-corrected chi connectivity index (χ2v) is 7.96. The fraction of sp³-hybridized carbons (Fsp3) is 0.650. The van der Waals surface area contributed by atoms with Gasteiger partial charge in [-0.3, -0.25) is 4.79 Å². The van der Waals surface area contributed by atoms with Gasteiger partial charge >= 0.3 is 0 Å². The highest BCUT2D eigenvalue weighted by molar-refractivity contribution is 5.44. The number of hydrogen-bond acceptors (Lipinski definition) is 2. The molecule has 0 radical (unpaired) electrons. The summed E-state index contributed by atoms with van der Waals surface area (Å²) in [6.07, 6.45) is 5.54. The number of rotatable bonds is 3. The number of fused-ring (bicyclic) bond motifs is 3. The summed E-state index contributed by atoms with van der Waals surface area (Å²) in [5.74, 6) is 1.00. The zero-order valence-corrected chi connectivity index (χ0v) is 14.3. The molecule has 120 valence electrons. The van der Waals surface area contributed by atoms with Gasteiger partial charge in [0.15, 0.2) is 0 Å². The molecule has 1 aromatic carbocycles. The van der Waals surface area contributed by atoms with Crippen molar-refractivity contribution in [3.05, 3.63) is 34.9 Å². The average molecular weight is 300 g/mol. The molecule has 0 amide bonds. The van der Waals surface area contributed by atoms with Crippen LogP contribution in [0.5, 0.6) is 0 Å². The lowest BCUT2D eigenvalue weighted by Crippen LogP contribution is -2.54. The molecule has 1 aromatic rings. The summed E-state index contributed by atoms with van der Waals surface area (Å²) >= 11 is 0. The Kier molecular flexibility index (Phi) is 3.82. The minimum absolute atomic E-state index is 0.138. The van der Waals surface area contributed by atoms with Crippen LogP contribution >= 0.6 is 0 Å². The van der Waals surface area contributed by atoms with E-state index >= 15 is 0 Å². The van der Waals surface area contributed by atoms with Crippen molar-refractivity contribution in [1.82, 2.24) is 0 Å². The zero-order chi connectivity index (χ0) is 16.0. The number of aryl methyl sites for hydroxylation is 1. The molecule has 22 heavy (non-hydrogen) atoms. The number of ether oxygens (including phenoxy) is 1. The van der Waals surface area contributed by atoms with Gasteiger partial charge in [0.1, 0.15) is 5.60 Å². The molecular weight excluding hydrogens is 272 g/mol. The SMILES string of the molecule is CC(C)c1ccc2c(c1)CCC1C(C)(OC=O)CCCC21C. The summed E-state index contributed by atoms with van der Waals surface area (Å²) in [4.78, 5) is 11.0. The molecule has 2 heteroatoms. The van der Waals surface area contributed by atoms with Crippen LogP contribution < -0.4 is 0 Å². The molecule has 0 saturated heterocycles. The van der Waals surface area contributed by atoms with E-state index in [1.165, 1.54) is 23.1 Å². The fourth-order valence-corrected chi connectivity index (χ4v) is 5.06. The maximum Gasteiger partial charge on any atom is 0.293 e. The molecule has 3 rings (SSSR count). The normalized spacial score (nSPS) is 34.0. The van der Waals surface area contributed by atoms with E-state index in [9.17, 15) is 4.79 Å². The van der Waals surface area contributed by atoms with Gasteiger partial charge in [-0.1, -0.05) is 39.0 Å². The maximum absolute atomic E-state index is 11.0. The van der Waals surface area contributed by atoms with Crippen LogP contribution in [0.4, 0.5) is 0 Å². The predicted octanol–water partition coefficient (Wildman–Crippen LogP) is 4.75. The maximum atomic E-state index is 11.0. The van der Waals surface area contributed by atoms with Crippen LogP contribution in [0.3, 0.4) is 0 Å². The van der Waals surface area contributed by atoms with E-state index in [-0.39, 0.29) is 11.0 Å². The molecule has 3 atom stereocenters. The quantitative estimate of drug-likeness (QED) is 0.753. The van der Waals surface area contributed by atoms with Crippen LogP contribution in [0, 0.1) is 5.92 Å². The molecule has 2 aliphatic rings. The van der Waals surface area contributed by atoms with E-state index in [0.717, 1.165) is 25.7 Å². The first-order valence-corrected chi connectivity index (χ1v) is 8.65.